The van der Waals surface area contributed by atoms with E-state index in [-0.39, 0.29) is 0 Å². The van der Waals surface area contributed by atoms with Crippen LogP contribution in [0.2, 0.25) is 5.02 Å². The minimum atomic E-state index is 0.604. The molecule has 0 fully saturated rings. The van der Waals surface area contributed by atoms with Crippen molar-refractivity contribution in [3.63, 3.8) is 0 Å². The third-order valence-corrected chi connectivity index (χ3v) is 3.42. The van der Waals surface area contributed by atoms with Crippen molar-refractivity contribution < 1.29 is 4.74 Å². The lowest BCUT2D eigenvalue weighted by molar-refractivity contribution is 0.305. The lowest BCUT2D eigenvalue weighted by atomic mass is 10.1. The van der Waals surface area contributed by atoms with Gasteiger partial charge in [0.05, 0.1) is 0 Å². The van der Waals surface area contributed by atoms with Gasteiger partial charge in [0.1, 0.15) is 12.4 Å². The highest BCUT2D eigenvalue weighted by molar-refractivity contribution is 6.30. The van der Waals surface area contributed by atoms with E-state index < -0.39 is 0 Å². The smallest absolute Gasteiger partial charge is 0.119 e. The Hall–Kier alpha value is -1.67. The molecule has 1 aliphatic heterocycles. The third-order valence-electron chi connectivity index (χ3n) is 3.17. The summed E-state index contributed by atoms with van der Waals surface area (Å²) >= 11 is 5.84. The van der Waals surface area contributed by atoms with Gasteiger partial charge in [0.2, 0.25) is 0 Å². The molecule has 1 heterocycles. The molecule has 0 saturated heterocycles. The van der Waals surface area contributed by atoms with E-state index in [0.29, 0.717) is 6.61 Å². The quantitative estimate of drug-likeness (QED) is 0.903. The van der Waals surface area contributed by atoms with E-state index in [9.17, 15) is 0 Å². The summed E-state index contributed by atoms with van der Waals surface area (Å²) in [5.41, 5.74) is 3.88. The van der Waals surface area contributed by atoms with Crippen LogP contribution >= 0.6 is 11.6 Å². The van der Waals surface area contributed by atoms with E-state index >= 15 is 0 Å². The topological polar surface area (TPSA) is 21.3 Å². The van der Waals surface area contributed by atoms with Crippen molar-refractivity contribution in [2.24, 2.45) is 0 Å². The van der Waals surface area contributed by atoms with E-state index in [2.05, 4.69) is 23.5 Å². The summed E-state index contributed by atoms with van der Waals surface area (Å²) in [6, 6.07) is 13.8. The van der Waals surface area contributed by atoms with Crippen LogP contribution in [0.5, 0.6) is 5.75 Å². The van der Waals surface area contributed by atoms with Gasteiger partial charge in [0.15, 0.2) is 0 Å². The van der Waals surface area contributed by atoms with Gasteiger partial charge in [-0.2, -0.15) is 0 Å². The predicted octanol–water partition coefficient (Wildman–Crippen LogP) is 3.89. The van der Waals surface area contributed by atoms with Crippen LogP contribution in [0.25, 0.3) is 0 Å². The number of fused-ring (bicyclic) bond motifs is 1. The monoisotopic (exact) mass is 259 g/mol. The first-order valence-corrected chi connectivity index (χ1v) is 6.44. The Labute approximate surface area is 112 Å². The van der Waals surface area contributed by atoms with Crippen molar-refractivity contribution in [3.05, 3.63) is 58.6 Å². The fourth-order valence-electron chi connectivity index (χ4n) is 2.24. The number of benzene rings is 2. The number of hydrogen-bond acceptors (Lipinski definition) is 2. The second-order valence-corrected chi connectivity index (χ2v) is 4.80. The van der Waals surface area contributed by atoms with E-state index in [1.165, 1.54) is 16.8 Å². The maximum atomic E-state index is 5.84. The predicted molar refractivity (Wildman–Crippen MR) is 74.4 cm³/mol. The molecule has 2 nitrogen and oxygen atoms in total. The van der Waals surface area contributed by atoms with Crippen LogP contribution in [0, 0.1) is 0 Å². The maximum absolute atomic E-state index is 5.84. The van der Waals surface area contributed by atoms with Crippen LogP contribution in [0.3, 0.4) is 0 Å². The molecule has 92 valence electrons. The minimum Gasteiger partial charge on any atom is -0.489 e. The number of nitrogens with one attached hydrogen (secondary N) is 1. The van der Waals surface area contributed by atoms with Crippen molar-refractivity contribution in [2.75, 3.05) is 11.9 Å². The first kappa shape index (κ1) is 11.4. The Morgan fingerprint density at radius 3 is 2.78 bits per heavy atom. The van der Waals surface area contributed by atoms with Crippen molar-refractivity contribution in [1.29, 1.82) is 0 Å². The summed E-state index contributed by atoms with van der Waals surface area (Å²) in [4.78, 5) is 0. The molecular weight excluding hydrogens is 246 g/mol. The summed E-state index contributed by atoms with van der Waals surface area (Å²) in [7, 11) is 0. The summed E-state index contributed by atoms with van der Waals surface area (Å²) in [6.07, 6.45) is 1.08. The first-order chi connectivity index (χ1) is 8.83. The fourth-order valence-corrected chi connectivity index (χ4v) is 2.37. The number of halogens is 1. The fraction of sp³-hybridized carbons (Fsp3) is 0.200. The van der Waals surface area contributed by atoms with Crippen LogP contribution in [0.1, 0.15) is 11.1 Å². The molecule has 0 atom stereocenters. The lowest BCUT2D eigenvalue weighted by Gasteiger charge is -2.10. The van der Waals surface area contributed by atoms with Gasteiger partial charge in [0, 0.05) is 17.3 Å². The van der Waals surface area contributed by atoms with Crippen molar-refractivity contribution >= 4 is 17.3 Å². The zero-order valence-corrected chi connectivity index (χ0v) is 10.7. The molecule has 0 aliphatic carbocycles. The molecule has 0 saturated carbocycles. The second kappa shape index (κ2) is 4.91. The Bertz CT molecular complexity index is 551. The highest BCUT2D eigenvalue weighted by atomic mass is 35.5. The molecule has 3 rings (SSSR count). The van der Waals surface area contributed by atoms with Crippen LogP contribution in [-0.2, 0) is 13.0 Å². The van der Waals surface area contributed by atoms with Gasteiger partial charge in [-0.15, -0.1) is 0 Å². The van der Waals surface area contributed by atoms with Crippen LogP contribution in [0.4, 0.5) is 5.69 Å². The Morgan fingerprint density at radius 2 is 1.94 bits per heavy atom. The van der Waals surface area contributed by atoms with Crippen LogP contribution in [0.15, 0.2) is 42.5 Å². The summed E-state index contributed by atoms with van der Waals surface area (Å²) < 4.78 is 5.79. The van der Waals surface area contributed by atoms with Gasteiger partial charge >= 0.3 is 0 Å². The zero-order valence-electron chi connectivity index (χ0n) is 9.95. The molecule has 0 spiro atoms. The molecule has 0 radical (unpaired) electrons. The Kier molecular flexibility index (Phi) is 3.11. The summed E-state index contributed by atoms with van der Waals surface area (Å²) in [5.74, 6) is 0.850. The third kappa shape index (κ3) is 2.29. The largest absolute Gasteiger partial charge is 0.489 e. The highest BCUT2D eigenvalue weighted by Crippen LogP contribution is 2.26. The molecule has 0 unspecified atom stereocenters. The van der Waals surface area contributed by atoms with Gasteiger partial charge in [0.25, 0.3) is 0 Å². The summed E-state index contributed by atoms with van der Waals surface area (Å²) in [6.45, 7) is 1.62. The van der Waals surface area contributed by atoms with E-state index in [0.717, 1.165) is 23.7 Å². The van der Waals surface area contributed by atoms with Gasteiger partial charge in [-0.3, -0.25) is 0 Å². The molecule has 2 aromatic rings. The second-order valence-electron chi connectivity index (χ2n) is 4.36. The SMILES string of the molecule is Clc1ccc(OCc2cccc3c2CCN3)cc1. The van der Waals surface area contributed by atoms with Gasteiger partial charge in [-0.1, -0.05) is 23.7 Å². The van der Waals surface area contributed by atoms with Gasteiger partial charge in [-0.05, 0) is 47.9 Å². The maximum Gasteiger partial charge on any atom is 0.119 e. The molecule has 1 N–H and O–H groups in total. The van der Waals surface area contributed by atoms with Crippen LogP contribution < -0.4 is 10.1 Å². The van der Waals surface area contributed by atoms with Crippen LogP contribution in [-0.4, -0.2) is 6.54 Å². The Morgan fingerprint density at radius 1 is 1.11 bits per heavy atom. The number of rotatable bonds is 3. The van der Waals surface area contributed by atoms with E-state index in [1.54, 1.807) is 0 Å². The minimum absolute atomic E-state index is 0.604. The molecule has 0 amide bonds. The molecule has 1 aliphatic rings. The molecule has 2 aromatic carbocycles. The average Bonchev–Trinajstić information content (AvgIpc) is 2.87. The normalized spacial score (nSPS) is 12.9. The molecule has 0 bridgehead atoms. The van der Waals surface area contributed by atoms with E-state index in [1.807, 2.05) is 24.3 Å². The molecule has 18 heavy (non-hydrogen) atoms. The zero-order chi connectivity index (χ0) is 12.4. The standard InChI is InChI=1S/C15H14ClNO/c16-12-4-6-13(7-5-12)18-10-11-2-1-3-15-14(11)8-9-17-15/h1-7,17H,8-10H2. The van der Waals surface area contributed by atoms with Crippen molar-refractivity contribution in [2.45, 2.75) is 13.0 Å². The molecular formula is C15H14ClNO. The van der Waals surface area contributed by atoms with Crippen molar-refractivity contribution in [3.8, 4) is 5.75 Å². The first-order valence-electron chi connectivity index (χ1n) is 6.06. The Balaban J connectivity index is 1.74. The van der Waals surface area contributed by atoms with Crippen molar-refractivity contribution in [1.82, 2.24) is 0 Å². The van der Waals surface area contributed by atoms with Gasteiger partial charge in [-0.25, -0.2) is 0 Å². The molecule has 3 heteroatoms. The molecule has 0 aromatic heterocycles. The number of hydrogen-bond donors (Lipinski definition) is 1. The van der Waals surface area contributed by atoms with E-state index in [4.69, 9.17) is 16.3 Å². The number of anilines is 1. The van der Waals surface area contributed by atoms with Gasteiger partial charge < -0.3 is 10.1 Å². The number of ether oxygens (including phenoxy) is 1. The lowest BCUT2D eigenvalue weighted by Crippen LogP contribution is -1.98. The average molecular weight is 260 g/mol. The highest BCUT2D eigenvalue weighted by Gasteiger charge is 2.13. The summed E-state index contributed by atoms with van der Waals surface area (Å²) in [5, 5.41) is 4.10.